The fourth-order valence-electron chi connectivity index (χ4n) is 0.356. The van der Waals surface area contributed by atoms with Crippen LogP contribution in [-0.2, 0) is 4.74 Å². The van der Waals surface area contributed by atoms with Gasteiger partial charge in [0.05, 0.1) is 12.7 Å². The molecule has 0 heterocycles. The Balaban J connectivity index is 3.06. The predicted octanol–water partition coefficient (Wildman–Crippen LogP) is 1.64. The summed E-state index contributed by atoms with van der Waals surface area (Å²) in [5.41, 5.74) is 0. The van der Waals surface area contributed by atoms with Crippen molar-refractivity contribution in [2.24, 2.45) is 0 Å². The van der Waals surface area contributed by atoms with E-state index in [2.05, 4.69) is 25.3 Å². The first kappa shape index (κ1) is 9.66. The summed E-state index contributed by atoms with van der Waals surface area (Å²) in [4.78, 5) is 0. The van der Waals surface area contributed by atoms with Crippen molar-refractivity contribution in [3.63, 3.8) is 0 Å². The molecule has 3 heteroatoms. The van der Waals surface area contributed by atoms with Gasteiger partial charge in [-0.1, -0.05) is 0 Å². The molecule has 0 saturated heterocycles. The van der Waals surface area contributed by atoms with Gasteiger partial charge in [-0.05, 0) is 13.8 Å². The van der Waals surface area contributed by atoms with Gasteiger partial charge in [-0.25, -0.2) is 0 Å². The van der Waals surface area contributed by atoms with E-state index < -0.39 is 0 Å². The van der Waals surface area contributed by atoms with E-state index in [-0.39, 0.29) is 5.25 Å². The Morgan fingerprint density at radius 2 is 2.00 bits per heavy atom. The highest BCUT2D eigenvalue weighted by molar-refractivity contribution is 7.84. The van der Waals surface area contributed by atoms with E-state index in [0.29, 0.717) is 12.7 Å². The second kappa shape index (κ2) is 5.45. The molecule has 1 nitrogen and oxygen atoms in total. The van der Waals surface area contributed by atoms with Crippen LogP contribution < -0.4 is 0 Å². The number of ether oxygens (including phenoxy) is 1. The Labute approximate surface area is 68.0 Å². The fraction of sp³-hybridized carbons (Fsp3) is 1.00. The molecule has 1 unspecified atom stereocenters. The fourth-order valence-corrected chi connectivity index (χ4v) is 0.548. The molecule has 0 aromatic rings. The van der Waals surface area contributed by atoms with Gasteiger partial charge in [0.25, 0.3) is 0 Å². The van der Waals surface area contributed by atoms with E-state index in [9.17, 15) is 0 Å². The van der Waals surface area contributed by atoms with Crippen LogP contribution in [0.1, 0.15) is 13.8 Å². The smallest absolute Gasteiger partial charge is 0.0593 e. The van der Waals surface area contributed by atoms with Gasteiger partial charge in [-0.3, -0.25) is 0 Å². The van der Waals surface area contributed by atoms with Crippen molar-refractivity contribution in [1.29, 1.82) is 0 Å². The summed E-state index contributed by atoms with van der Waals surface area (Å²) in [6.07, 6.45) is 0.305. The highest BCUT2D eigenvalue weighted by Crippen LogP contribution is 1.99. The van der Waals surface area contributed by atoms with E-state index >= 15 is 0 Å². The molecule has 9 heavy (non-hydrogen) atoms. The normalized spacial score (nSPS) is 14.3. The molecular formula is C6H14OS2. The summed E-state index contributed by atoms with van der Waals surface area (Å²) in [5.74, 6) is 0.774. The van der Waals surface area contributed by atoms with Crippen molar-refractivity contribution in [3.05, 3.63) is 0 Å². The van der Waals surface area contributed by atoms with Gasteiger partial charge < -0.3 is 4.74 Å². The molecule has 0 bridgehead atoms. The molecule has 0 saturated carbocycles. The third-order valence-corrected chi connectivity index (χ3v) is 1.89. The van der Waals surface area contributed by atoms with E-state index in [4.69, 9.17) is 4.74 Å². The number of thiol groups is 2. The van der Waals surface area contributed by atoms with Crippen LogP contribution >= 0.6 is 25.3 Å². The average molecular weight is 166 g/mol. The maximum Gasteiger partial charge on any atom is 0.0593 e. The molecule has 0 aromatic heterocycles. The number of hydrogen-bond acceptors (Lipinski definition) is 3. The zero-order chi connectivity index (χ0) is 7.28. The predicted molar refractivity (Wildman–Crippen MR) is 47.7 cm³/mol. The van der Waals surface area contributed by atoms with Crippen LogP contribution in [0, 0.1) is 0 Å². The summed E-state index contributed by atoms with van der Waals surface area (Å²) in [6, 6.07) is 0. The Morgan fingerprint density at radius 3 is 2.33 bits per heavy atom. The molecule has 0 fully saturated rings. The second-order valence-corrected chi connectivity index (χ2v) is 3.31. The number of hydrogen-bond donors (Lipinski definition) is 2. The minimum Gasteiger partial charge on any atom is -0.378 e. The summed E-state index contributed by atoms with van der Waals surface area (Å²) in [6.45, 7) is 4.72. The zero-order valence-corrected chi connectivity index (χ0v) is 7.66. The van der Waals surface area contributed by atoms with Crippen molar-refractivity contribution < 1.29 is 4.74 Å². The van der Waals surface area contributed by atoms with Crippen LogP contribution in [0.4, 0.5) is 0 Å². The van der Waals surface area contributed by atoms with Crippen LogP contribution in [0.25, 0.3) is 0 Å². The molecule has 0 aliphatic carbocycles. The zero-order valence-electron chi connectivity index (χ0n) is 5.87. The molecule has 1 atom stereocenters. The van der Waals surface area contributed by atoms with E-state index in [1.165, 1.54) is 0 Å². The molecule has 0 rings (SSSR count). The van der Waals surface area contributed by atoms with Gasteiger partial charge in [-0.15, -0.1) is 0 Å². The molecule has 0 N–H and O–H groups in total. The molecule has 0 radical (unpaired) electrons. The third kappa shape index (κ3) is 6.55. The quantitative estimate of drug-likeness (QED) is 0.604. The highest BCUT2D eigenvalue weighted by atomic mass is 32.1. The maximum atomic E-state index is 5.27. The lowest BCUT2D eigenvalue weighted by Crippen LogP contribution is -2.14. The lowest BCUT2D eigenvalue weighted by Gasteiger charge is -2.10. The monoisotopic (exact) mass is 166 g/mol. The molecular weight excluding hydrogens is 152 g/mol. The molecule has 0 amide bonds. The van der Waals surface area contributed by atoms with Crippen LogP contribution in [0.15, 0.2) is 0 Å². The summed E-state index contributed by atoms with van der Waals surface area (Å²) >= 11 is 8.26. The van der Waals surface area contributed by atoms with Crippen molar-refractivity contribution in [1.82, 2.24) is 0 Å². The van der Waals surface area contributed by atoms with Crippen LogP contribution in [0.5, 0.6) is 0 Å². The van der Waals surface area contributed by atoms with Crippen molar-refractivity contribution in [2.45, 2.75) is 25.2 Å². The van der Waals surface area contributed by atoms with Crippen molar-refractivity contribution in [2.75, 3.05) is 12.4 Å². The standard InChI is InChI=1S/C6H14OS2/c1-5(2)7-3-6(9)4-8/h5-6,8-9H,3-4H2,1-2H3. The maximum absolute atomic E-state index is 5.27. The average Bonchev–Trinajstić information content (AvgIpc) is 1.83. The van der Waals surface area contributed by atoms with Crippen LogP contribution in [0.2, 0.25) is 0 Å². The van der Waals surface area contributed by atoms with E-state index in [1.807, 2.05) is 13.8 Å². The molecule has 56 valence electrons. The van der Waals surface area contributed by atoms with E-state index in [1.54, 1.807) is 0 Å². The van der Waals surface area contributed by atoms with Crippen LogP contribution in [-0.4, -0.2) is 23.7 Å². The SMILES string of the molecule is CC(C)OCC(S)CS. The van der Waals surface area contributed by atoms with Gasteiger partial charge in [0, 0.05) is 11.0 Å². The topological polar surface area (TPSA) is 9.23 Å². The number of rotatable bonds is 4. The lowest BCUT2D eigenvalue weighted by atomic mass is 10.4. The first-order valence-electron chi connectivity index (χ1n) is 3.07. The van der Waals surface area contributed by atoms with Gasteiger partial charge in [0.1, 0.15) is 0 Å². The highest BCUT2D eigenvalue weighted by Gasteiger charge is 2.00. The van der Waals surface area contributed by atoms with Gasteiger partial charge in [-0.2, -0.15) is 25.3 Å². The summed E-state index contributed by atoms with van der Waals surface area (Å²) in [7, 11) is 0. The second-order valence-electron chi connectivity index (χ2n) is 2.22. The lowest BCUT2D eigenvalue weighted by molar-refractivity contribution is 0.0827. The minimum atomic E-state index is 0.274. The van der Waals surface area contributed by atoms with Gasteiger partial charge in [0.2, 0.25) is 0 Å². The van der Waals surface area contributed by atoms with Crippen molar-refractivity contribution >= 4 is 25.3 Å². The Kier molecular flexibility index (Phi) is 5.84. The van der Waals surface area contributed by atoms with Crippen LogP contribution in [0.3, 0.4) is 0 Å². The van der Waals surface area contributed by atoms with Gasteiger partial charge in [0.15, 0.2) is 0 Å². The third-order valence-electron chi connectivity index (χ3n) is 0.833. The Morgan fingerprint density at radius 1 is 1.44 bits per heavy atom. The minimum absolute atomic E-state index is 0.274. The Hall–Kier alpha value is 0.660. The molecule has 0 aliphatic rings. The molecule has 0 aliphatic heterocycles. The first-order valence-corrected chi connectivity index (χ1v) is 4.22. The van der Waals surface area contributed by atoms with E-state index in [0.717, 1.165) is 5.75 Å². The van der Waals surface area contributed by atoms with Crippen molar-refractivity contribution in [3.8, 4) is 0 Å². The molecule has 0 aromatic carbocycles. The molecule has 0 spiro atoms. The largest absolute Gasteiger partial charge is 0.378 e. The van der Waals surface area contributed by atoms with Gasteiger partial charge >= 0.3 is 0 Å². The summed E-state index contributed by atoms with van der Waals surface area (Å²) in [5, 5.41) is 0.274. The Bertz CT molecular complexity index is 66.1. The first-order chi connectivity index (χ1) is 4.16. The summed E-state index contributed by atoms with van der Waals surface area (Å²) < 4.78 is 5.27.